The van der Waals surface area contributed by atoms with Gasteiger partial charge in [0.25, 0.3) is 0 Å². The van der Waals surface area contributed by atoms with E-state index in [1.165, 1.54) is 0 Å². The van der Waals surface area contributed by atoms with Crippen molar-refractivity contribution in [2.75, 3.05) is 0 Å². The molecule has 0 saturated heterocycles. The molecule has 0 amide bonds. The average molecular weight is 267 g/mol. The second-order valence-electron chi connectivity index (χ2n) is 0. The van der Waals surface area contributed by atoms with Crippen molar-refractivity contribution in [2.45, 2.75) is 29.7 Å². The third-order valence-corrected chi connectivity index (χ3v) is 0. The molecule has 0 rings (SSSR count). The molecule has 0 saturated carbocycles. The molecule has 0 aliphatic rings. The van der Waals surface area contributed by atoms with E-state index in [4.69, 9.17) is 36.8 Å². The molecule has 15 heavy (non-hydrogen) atoms. The highest BCUT2D eigenvalue weighted by molar-refractivity contribution is 7.00. The summed E-state index contributed by atoms with van der Waals surface area (Å²) in [6.07, 6.45) is 0. The molecule has 108 valence electrons. The Labute approximate surface area is 93.1 Å². The van der Waals surface area contributed by atoms with Gasteiger partial charge >= 0.3 is 0 Å². The second kappa shape index (κ2) is 6150. The van der Waals surface area contributed by atoms with E-state index in [0.29, 0.717) is 0 Å². The Morgan fingerprint density at radius 3 is 0.733 bits per heavy atom. The largest absolute Gasteiger partial charge is 0.412 e. The molecular weight excluding hydrogens is 239 g/mol. The van der Waals surface area contributed by atoms with Crippen molar-refractivity contribution in [3.8, 4) is 0 Å². The van der Waals surface area contributed by atoms with E-state index in [-0.39, 0.29) is 46.1 Å². The molecule has 10 N–H and O–H groups in total. The fraction of sp³-hybridized carbons (Fsp3) is 1.00. The van der Waals surface area contributed by atoms with Crippen LogP contribution in [0.1, 0.15) is 29.7 Å². The minimum atomic E-state index is -0.583. The fourth-order valence-electron chi connectivity index (χ4n) is 0. The van der Waals surface area contributed by atoms with Crippen LogP contribution < -0.4 is 0 Å². The van der Waals surface area contributed by atoms with Gasteiger partial charge in [-0.3, -0.25) is 25.6 Å². The highest BCUT2D eigenvalue weighted by atomic mass is 31.0. The van der Waals surface area contributed by atoms with Crippen molar-refractivity contribution in [1.82, 2.24) is 0 Å². The SMILES string of the molecule is C.C.C.C.O.O.O.O=O.OO.OO.[2H]P=O. The van der Waals surface area contributed by atoms with Crippen LogP contribution in [0.5, 0.6) is 0 Å². The van der Waals surface area contributed by atoms with Gasteiger partial charge in [-0.15, -0.1) is 0 Å². The number of rotatable bonds is 0. The highest BCUT2D eigenvalue weighted by Crippen LogP contribution is 1.23. The molecule has 10 nitrogen and oxygen atoms in total. The maximum atomic E-state index is 8.57. The van der Waals surface area contributed by atoms with E-state index in [2.05, 4.69) is 0 Å². The molecule has 0 aromatic rings. The molecule has 0 spiro atoms. The first-order valence-corrected chi connectivity index (χ1v) is 1.11. The van der Waals surface area contributed by atoms with Crippen LogP contribution in [-0.4, -0.2) is 38.7 Å². The lowest BCUT2D eigenvalue weighted by Gasteiger charge is -1.25. The molecule has 0 radical (unpaired) electrons. The van der Waals surface area contributed by atoms with Crippen LogP contribution in [0.15, 0.2) is 0 Å². The molecule has 0 bridgehead atoms. The molecule has 0 unspecified atom stereocenters. The van der Waals surface area contributed by atoms with E-state index >= 15 is 0 Å². The van der Waals surface area contributed by atoms with Crippen LogP contribution >= 0.6 is 9.06 Å². The summed E-state index contributed by atoms with van der Waals surface area (Å²) in [5.41, 5.74) is 0. The first kappa shape index (κ1) is 133. The fourth-order valence-corrected chi connectivity index (χ4v) is 0. The van der Waals surface area contributed by atoms with E-state index in [9.17, 15) is 0 Å². The van der Waals surface area contributed by atoms with Gasteiger partial charge in [-0.2, -0.15) is 0 Å². The summed E-state index contributed by atoms with van der Waals surface area (Å²) >= 11 is 0. The molecule has 0 fully saturated rings. The molecule has 0 aromatic carbocycles. The Morgan fingerprint density at radius 1 is 0.733 bits per heavy atom. The Morgan fingerprint density at radius 2 is 0.733 bits per heavy atom. The lowest BCUT2D eigenvalue weighted by molar-refractivity contribution is -0.176. The third kappa shape index (κ3) is 5200. The number of hydrogen-bond acceptors (Lipinski definition) is 7. The van der Waals surface area contributed by atoms with Crippen molar-refractivity contribution < 1.29 is 42.0 Å². The molecule has 11 heteroatoms. The Kier molecular flexibility index (Phi) is 54500. The summed E-state index contributed by atoms with van der Waals surface area (Å²) < 4.78 is 14.2. The Hall–Kier alpha value is -0.580. The minimum absolute atomic E-state index is 0. The van der Waals surface area contributed by atoms with Gasteiger partial charge in [-0.25, -0.2) is 0 Å². The summed E-state index contributed by atoms with van der Waals surface area (Å²) in [5, 5.41) is 24.0. The summed E-state index contributed by atoms with van der Waals surface area (Å²) in [5.74, 6) is 0. The zero-order valence-electron chi connectivity index (χ0n) is 5.96. The summed E-state index contributed by atoms with van der Waals surface area (Å²) in [7, 11) is -0.583. The predicted octanol–water partition coefficient (Wildman–Crippen LogP) is 0.647. The standard InChI is InChI=1S/4CH4.2H2O2.O2.HOP.3H2O/c;;;;4*1-2;;;/h4*1H4;2*1-2H;;2H;3*1H2/i;;;;;;;2D;;;. The highest BCUT2D eigenvalue weighted by Gasteiger charge is 0.748. The zero-order chi connectivity index (χ0) is 8.71. The van der Waals surface area contributed by atoms with Gasteiger partial charge in [0, 0.05) is 9.93 Å². The molecule has 0 aromatic heterocycles. The van der Waals surface area contributed by atoms with Gasteiger partial charge in [-0.05, 0) is 0 Å². The van der Waals surface area contributed by atoms with Crippen LogP contribution in [0.3, 0.4) is 0 Å². The van der Waals surface area contributed by atoms with E-state index in [0.717, 1.165) is 0 Å². The topological polar surface area (TPSA) is 227 Å². The Balaban J connectivity index is -0.00000000205. The van der Waals surface area contributed by atoms with Gasteiger partial charge in [0.15, 0.2) is 0 Å². The van der Waals surface area contributed by atoms with E-state index in [1.54, 1.807) is 0 Å². The van der Waals surface area contributed by atoms with Crippen LogP contribution in [0, 0.1) is 9.93 Å². The maximum Gasteiger partial charge on any atom is 0.140 e. The first-order chi connectivity index (χ1) is 4.41. The second-order valence-corrected chi connectivity index (χ2v) is 0. The van der Waals surface area contributed by atoms with E-state index in [1.807, 2.05) is 0 Å². The quantitative estimate of drug-likeness (QED) is 0.277. The monoisotopic (exact) mass is 267 g/mol. The van der Waals surface area contributed by atoms with Crippen LogP contribution in [0.2, 0.25) is 0 Å². The van der Waals surface area contributed by atoms with Crippen LogP contribution in [-0.2, 0) is 4.57 Å². The lowest BCUT2D eigenvalue weighted by atomic mass is 12.0. The maximum absolute atomic E-state index is 8.57. The minimum Gasteiger partial charge on any atom is -0.412 e. The molecular formula is C4H27O10P. The van der Waals surface area contributed by atoms with Gasteiger partial charge in [0.05, 0.1) is 0 Å². The van der Waals surface area contributed by atoms with Crippen molar-refractivity contribution in [1.29, 1.82) is 1.28 Å². The molecule has 0 aliphatic heterocycles. The summed E-state index contributed by atoms with van der Waals surface area (Å²) in [6, 6.07) is 0. The average Bonchev–Trinajstić information content (AvgIpc) is 2.01. The van der Waals surface area contributed by atoms with Crippen molar-refractivity contribution in [3.05, 3.63) is 9.93 Å². The third-order valence-electron chi connectivity index (χ3n) is 0. The zero-order valence-corrected chi connectivity index (χ0v) is 5.86. The lowest BCUT2D eigenvalue weighted by Crippen LogP contribution is -1.29. The predicted molar refractivity (Wildman–Crippen MR) is 64.0 cm³/mol. The normalized spacial score (nSPS) is 2.53. The van der Waals surface area contributed by atoms with Gasteiger partial charge in [-0.1, -0.05) is 29.7 Å². The molecule has 0 heterocycles. The van der Waals surface area contributed by atoms with Crippen molar-refractivity contribution in [3.63, 3.8) is 0 Å². The molecule has 0 atom stereocenters. The van der Waals surface area contributed by atoms with Gasteiger partial charge in [0.1, 0.15) is 10.3 Å². The summed E-state index contributed by atoms with van der Waals surface area (Å²) in [4.78, 5) is 14.0. The smallest absolute Gasteiger partial charge is 0.140 e. The van der Waals surface area contributed by atoms with Gasteiger partial charge < -0.3 is 16.4 Å². The van der Waals surface area contributed by atoms with Crippen molar-refractivity contribution in [2.24, 2.45) is 0 Å². The first-order valence-electron chi connectivity index (χ1n) is 1.20. The van der Waals surface area contributed by atoms with Crippen LogP contribution in [0.4, 0.5) is 0 Å². The Bertz CT molecular complexity index is 36.8. The summed E-state index contributed by atoms with van der Waals surface area (Å²) in [6.45, 7) is 0. The molecule has 0 aliphatic carbocycles. The van der Waals surface area contributed by atoms with Crippen LogP contribution in [0.25, 0.3) is 0 Å². The number of hydrogen-bond donors (Lipinski definition) is 4. The van der Waals surface area contributed by atoms with Gasteiger partial charge in [0.2, 0.25) is 0 Å². The van der Waals surface area contributed by atoms with E-state index < -0.39 is 9.06 Å². The van der Waals surface area contributed by atoms with Crippen molar-refractivity contribution >= 4 is 9.06 Å².